The molecule has 2 aliphatic rings. The maximum Gasteiger partial charge on any atom is 0.255 e. The number of rotatable bonds is 11. The number of ether oxygens (including phenoxy) is 2. The number of carbonyl (C=O) groups excluding carboxylic acids is 4. The molecule has 0 fully saturated rings. The van der Waals surface area contributed by atoms with E-state index >= 15 is 0 Å². The smallest absolute Gasteiger partial charge is 0.255 e. The van der Waals surface area contributed by atoms with E-state index in [0.717, 1.165) is 5.56 Å². The van der Waals surface area contributed by atoms with Gasteiger partial charge in [-0.05, 0) is 17.0 Å². The predicted octanol–water partition coefficient (Wildman–Crippen LogP) is 2.05. The van der Waals surface area contributed by atoms with Gasteiger partial charge in [0.2, 0.25) is 11.7 Å². The number of aliphatic imine (C=N–C) groups is 1. The Morgan fingerprint density at radius 3 is 2.35 bits per heavy atom. The minimum Gasteiger partial charge on any atom is -0.473 e. The summed E-state index contributed by atoms with van der Waals surface area (Å²) in [7, 11) is 1.42. The first-order chi connectivity index (χ1) is 19.3. The first kappa shape index (κ1) is 28.7. The van der Waals surface area contributed by atoms with Gasteiger partial charge in [0, 0.05) is 19.7 Å². The molecule has 0 radical (unpaired) electrons. The van der Waals surface area contributed by atoms with Gasteiger partial charge in [0.25, 0.3) is 17.7 Å². The van der Waals surface area contributed by atoms with Crippen LogP contribution in [0.25, 0.3) is 5.70 Å². The molecular weight excluding hydrogens is 512 g/mol. The lowest BCUT2D eigenvalue weighted by molar-refractivity contribution is -0.147. The Balaban J connectivity index is 1.63. The van der Waals surface area contributed by atoms with E-state index in [-0.39, 0.29) is 37.3 Å². The summed E-state index contributed by atoms with van der Waals surface area (Å²) in [5, 5.41) is 2.81. The molecule has 10 heteroatoms. The zero-order valence-corrected chi connectivity index (χ0v) is 22.9. The topological polar surface area (TPSA) is 118 Å². The molecule has 0 saturated carbocycles. The van der Waals surface area contributed by atoms with E-state index in [1.807, 2.05) is 62.4 Å². The van der Waals surface area contributed by atoms with Crippen molar-refractivity contribution in [1.82, 2.24) is 15.1 Å². The zero-order valence-electron chi connectivity index (χ0n) is 22.9. The van der Waals surface area contributed by atoms with E-state index in [1.165, 1.54) is 16.9 Å². The first-order valence-electron chi connectivity index (χ1n) is 13.2. The van der Waals surface area contributed by atoms with Gasteiger partial charge in [-0.1, -0.05) is 74.5 Å². The Bertz CT molecular complexity index is 1290. The number of amides is 3. The Hall–Kier alpha value is -4.31. The molecule has 40 heavy (non-hydrogen) atoms. The number of Topliss-reactive ketones (excluding diaryl/α,β-unsaturated/α-hetero) is 1. The van der Waals surface area contributed by atoms with Gasteiger partial charge < -0.3 is 19.7 Å². The van der Waals surface area contributed by atoms with E-state index in [9.17, 15) is 19.2 Å². The Morgan fingerprint density at radius 1 is 1.07 bits per heavy atom. The van der Waals surface area contributed by atoms with Crippen molar-refractivity contribution in [3.63, 3.8) is 0 Å². The summed E-state index contributed by atoms with van der Waals surface area (Å²) in [6.07, 6.45) is 1.83. The standard InChI is InChI=1S/C30H34N4O6/c1-20(2)27-30(38)33(24(22-12-8-5-9-13-22)17-34(27)26(36)19-39-3)18-25(35)32-23(16-21-10-6-4-7-11-21)28(37)29-31-14-15-40-29/h4-13,17,20,23,27H,14-16,18-19H2,1-3H3,(H,32,35)/t23-,27-/m0/s1. The van der Waals surface area contributed by atoms with Crippen LogP contribution in [0.3, 0.4) is 0 Å². The maximum absolute atomic E-state index is 13.9. The van der Waals surface area contributed by atoms with Crippen LogP contribution in [-0.4, -0.2) is 84.7 Å². The molecular formula is C30H34N4O6. The molecule has 0 bridgehead atoms. The molecule has 2 aromatic carbocycles. The van der Waals surface area contributed by atoms with Gasteiger partial charge in [0.1, 0.15) is 31.8 Å². The number of benzene rings is 2. The van der Waals surface area contributed by atoms with Crippen LogP contribution in [0.2, 0.25) is 0 Å². The minimum atomic E-state index is -0.934. The average Bonchev–Trinajstić information content (AvgIpc) is 3.49. The summed E-state index contributed by atoms with van der Waals surface area (Å²) in [5.74, 6) is -1.95. The second-order valence-corrected chi connectivity index (χ2v) is 9.94. The van der Waals surface area contributed by atoms with Crippen LogP contribution in [0.5, 0.6) is 0 Å². The summed E-state index contributed by atoms with van der Waals surface area (Å²) in [4.78, 5) is 60.4. The van der Waals surface area contributed by atoms with Gasteiger partial charge in [-0.2, -0.15) is 0 Å². The molecule has 0 saturated heterocycles. The lowest BCUT2D eigenvalue weighted by atomic mass is 9.97. The van der Waals surface area contributed by atoms with Crippen molar-refractivity contribution in [2.24, 2.45) is 10.9 Å². The summed E-state index contributed by atoms with van der Waals surface area (Å²) in [6.45, 7) is 3.84. The molecule has 210 valence electrons. The van der Waals surface area contributed by atoms with Gasteiger partial charge in [-0.3, -0.25) is 24.1 Å². The second-order valence-electron chi connectivity index (χ2n) is 9.94. The molecule has 4 rings (SSSR count). The fraction of sp³-hybridized carbons (Fsp3) is 0.367. The molecule has 0 spiro atoms. The van der Waals surface area contributed by atoms with E-state index in [1.54, 1.807) is 18.3 Å². The number of ketones is 1. The molecule has 2 heterocycles. The highest BCUT2D eigenvalue weighted by Crippen LogP contribution is 2.30. The molecule has 0 unspecified atom stereocenters. The van der Waals surface area contributed by atoms with Crippen LogP contribution in [0.1, 0.15) is 25.0 Å². The lowest BCUT2D eigenvalue weighted by Gasteiger charge is -2.41. The Kier molecular flexibility index (Phi) is 9.44. The highest BCUT2D eigenvalue weighted by Gasteiger charge is 2.41. The number of methoxy groups -OCH3 is 1. The van der Waals surface area contributed by atoms with Gasteiger partial charge in [0.05, 0.1) is 12.2 Å². The maximum atomic E-state index is 13.9. The van der Waals surface area contributed by atoms with Crippen LogP contribution in [0, 0.1) is 5.92 Å². The third kappa shape index (κ3) is 6.63. The molecule has 2 aromatic rings. The van der Waals surface area contributed by atoms with Crippen LogP contribution in [0.4, 0.5) is 0 Å². The van der Waals surface area contributed by atoms with E-state index in [2.05, 4.69) is 10.3 Å². The van der Waals surface area contributed by atoms with Crippen molar-refractivity contribution >= 4 is 35.1 Å². The Morgan fingerprint density at radius 2 is 1.75 bits per heavy atom. The number of nitrogens with zero attached hydrogens (tertiary/aromatic N) is 3. The van der Waals surface area contributed by atoms with E-state index in [4.69, 9.17) is 9.47 Å². The number of carbonyl (C=O) groups is 4. The van der Waals surface area contributed by atoms with Gasteiger partial charge in [0.15, 0.2) is 0 Å². The van der Waals surface area contributed by atoms with Crippen LogP contribution in [0.15, 0.2) is 71.9 Å². The predicted molar refractivity (Wildman–Crippen MR) is 149 cm³/mol. The van der Waals surface area contributed by atoms with Crippen molar-refractivity contribution in [2.75, 3.05) is 33.4 Å². The molecule has 2 aliphatic heterocycles. The van der Waals surface area contributed by atoms with Crippen LogP contribution < -0.4 is 5.32 Å². The van der Waals surface area contributed by atoms with Gasteiger partial charge in [-0.25, -0.2) is 4.99 Å². The van der Waals surface area contributed by atoms with Crippen LogP contribution in [-0.2, 0) is 35.1 Å². The van der Waals surface area contributed by atoms with Crippen molar-refractivity contribution in [1.29, 1.82) is 0 Å². The van der Waals surface area contributed by atoms with E-state index < -0.39 is 29.7 Å². The van der Waals surface area contributed by atoms with Crippen molar-refractivity contribution in [3.05, 3.63) is 78.0 Å². The van der Waals surface area contributed by atoms with Gasteiger partial charge in [-0.15, -0.1) is 0 Å². The number of nitrogens with one attached hydrogen (secondary N) is 1. The normalized spacial score (nSPS) is 17.7. The average molecular weight is 547 g/mol. The zero-order chi connectivity index (χ0) is 28.6. The third-order valence-electron chi connectivity index (χ3n) is 6.66. The van der Waals surface area contributed by atoms with Crippen molar-refractivity contribution in [3.8, 4) is 0 Å². The monoisotopic (exact) mass is 546 g/mol. The van der Waals surface area contributed by atoms with E-state index in [0.29, 0.717) is 24.4 Å². The largest absolute Gasteiger partial charge is 0.473 e. The number of hydrogen-bond acceptors (Lipinski definition) is 7. The Labute approximate surface area is 233 Å². The summed E-state index contributed by atoms with van der Waals surface area (Å²) in [6, 6.07) is 16.6. The van der Waals surface area contributed by atoms with Gasteiger partial charge >= 0.3 is 0 Å². The molecule has 0 aromatic heterocycles. The summed E-state index contributed by atoms with van der Waals surface area (Å²) >= 11 is 0. The van der Waals surface area contributed by atoms with Crippen LogP contribution >= 0.6 is 0 Å². The lowest BCUT2D eigenvalue weighted by Crippen LogP contribution is -2.57. The SMILES string of the molecule is COCC(=O)N1C=C(c2ccccc2)N(CC(=O)N[C@@H](Cc2ccccc2)C(=O)C2=NCCO2)C(=O)[C@@H]1C(C)C. The molecule has 2 atom stereocenters. The minimum absolute atomic E-state index is 0.00711. The molecule has 1 N–H and O–H groups in total. The van der Waals surface area contributed by atoms with Crippen molar-refractivity contribution in [2.45, 2.75) is 32.4 Å². The van der Waals surface area contributed by atoms with Crippen molar-refractivity contribution < 1.29 is 28.7 Å². The highest BCUT2D eigenvalue weighted by atomic mass is 16.5. The summed E-state index contributed by atoms with van der Waals surface area (Å²) < 4.78 is 10.4. The first-order valence-corrected chi connectivity index (χ1v) is 13.2. The third-order valence-corrected chi connectivity index (χ3v) is 6.66. The highest BCUT2D eigenvalue weighted by molar-refractivity contribution is 6.39. The summed E-state index contributed by atoms with van der Waals surface area (Å²) in [5.41, 5.74) is 1.91. The fourth-order valence-corrected chi connectivity index (χ4v) is 4.79. The molecule has 0 aliphatic carbocycles. The quantitative estimate of drug-likeness (QED) is 0.461. The number of hydrogen-bond donors (Lipinski definition) is 1. The fourth-order valence-electron chi connectivity index (χ4n) is 4.79. The molecule has 10 nitrogen and oxygen atoms in total. The second kappa shape index (κ2) is 13.2. The molecule has 3 amide bonds.